The second-order valence-corrected chi connectivity index (χ2v) is 7.34. The highest BCUT2D eigenvalue weighted by molar-refractivity contribution is 5.52. The third-order valence-electron chi connectivity index (χ3n) is 5.54. The van der Waals surface area contributed by atoms with Crippen molar-refractivity contribution in [2.24, 2.45) is 0 Å². The van der Waals surface area contributed by atoms with E-state index >= 15 is 0 Å². The lowest BCUT2D eigenvalue weighted by Gasteiger charge is -2.34. The third kappa shape index (κ3) is 3.34. The molecule has 1 N–H and O–H groups in total. The van der Waals surface area contributed by atoms with Crippen LogP contribution in [-0.4, -0.2) is 46.8 Å². The summed E-state index contributed by atoms with van der Waals surface area (Å²) in [6.07, 6.45) is 6.46. The van der Waals surface area contributed by atoms with Gasteiger partial charge in [0.2, 0.25) is 0 Å². The number of hydrogen-bond acceptors (Lipinski definition) is 6. The van der Waals surface area contributed by atoms with Crippen molar-refractivity contribution in [1.29, 1.82) is 0 Å². The molecule has 0 spiro atoms. The van der Waals surface area contributed by atoms with Crippen molar-refractivity contribution in [3.8, 4) is 5.75 Å². The Bertz CT molecular complexity index is 721. The van der Waals surface area contributed by atoms with Gasteiger partial charge in [-0.05, 0) is 25.0 Å². The molecule has 2 heterocycles. The van der Waals surface area contributed by atoms with Crippen LogP contribution in [0.3, 0.4) is 0 Å². The fourth-order valence-corrected chi connectivity index (χ4v) is 4.19. The van der Waals surface area contributed by atoms with Gasteiger partial charge in [0.1, 0.15) is 11.5 Å². The molecule has 2 fully saturated rings. The van der Waals surface area contributed by atoms with Crippen LogP contribution in [0.15, 0.2) is 30.0 Å². The number of fused-ring (bicyclic) bond motifs is 1. The summed E-state index contributed by atoms with van der Waals surface area (Å²) >= 11 is 0. The summed E-state index contributed by atoms with van der Waals surface area (Å²) in [5, 5.41) is 22.2. The van der Waals surface area contributed by atoms with Crippen LogP contribution in [0, 0.1) is 10.1 Å². The molecule has 1 aliphatic carbocycles. The first-order chi connectivity index (χ1) is 12.6. The summed E-state index contributed by atoms with van der Waals surface area (Å²) in [5.41, 5.74) is 0.00142. The Balaban J connectivity index is 1.72. The first-order valence-corrected chi connectivity index (χ1v) is 9.29. The summed E-state index contributed by atoms with van der Waals surface area (Å²) in [7, 11) is 0. The zero-order valence-corrected chi connectivity index (χ0v) is 14.7. The molecule has 0 unspecified atom stereocenters. The van der Waals surface area contributed by atoms with Crippen LogP contribution in [0.1, 0.15) is 43.7 Å². The van der Waals surface area contributed by atoms with Crippen molar-refractivity contribution in [3.63, 3.8) is 0 Å². The molecular formula is C19H24N2O5. The van der Waals surface area contributed by atoms with E-state index in [0.29, 0.717) is 24.7 Å². The Labute approximate surface area is 152 Å². The Morgan fingerprint density at radius 3 is 2.65 bits per heavy atom. The van der Waals surface area contributed by atoms with Crippen molar-refractivity contribution >= 4 is 5.69 Å². The lowest BCUT2D eigenvalue weighted by molar-refractivity contribution is -0.384. The van der Waals surface area contributed by atoms with Crippen molar-refractivity contribution in [2.45, 2.75) is 43.7 Å². The Morgan fingerprint density at radius 2 is 1.96 bits per heavy atom. The molecule has 7 nitrogen and oxygen atoms in total. The zero-order valence-electron chi connectivity index (χ0n) is 14.7. The highest BCUT2D eigenvalue weighted by Gasteiger charge is 2.39. The molecule has 0 radical (unpaired) electrons. The first-order valence-electron chi connectivity index (χ1n) is 9.29. The van der Waals surface area contributed by atoms with E-state index in [1.807, 2.05) is 6.08 Å². The average molecular weight is 360 g/mol. The summed E-state index contributed by atoms with van der Waals surface area (Å²) in [4.78, 5) is 13.0. The lowest BCUT2D eigenvalue weighted by Crippen LogP contribution is -2.40. The average Bonchev–Trinajstić information content (AvgIpc) is 2.99. The quantitative estimate of drug-likeness (QED) is 0.659. The molecule has 1 atom stereocenters. The van der Waals surface area contributed by atoms with E-state index in [1.165, 1.54) is 6.07 Å². The fourth-order valence-electron chi connectivity index (χ4n) is 4.19. The number of nitro benzene ring substituents is 1. The van der Waals surface area contributed by atoms with E-state index < -0.39 is 5.60 Å². The molecular weight excluding hydrogens is 336 g/mol. The molecule has 4 rings (SSSR count). The standard InChI is InChI=1S/C19H24N2O5/c22-19(6-2-1-3-7-19)13-17-18(20-8-10-25-11-9-20)15-12-14(21(23)24)4-5-16(15)26-17/h4-5,12-13,18,22H,1-3,6-11H2/b17-13+/t18-/m1/s1. The molecule has 1 saturated carbocycles. The van der Waals surface area contributed by atoms with Crippen LogP contribution >= 0.6 is 0 Å². The van der Waals surface area contributed by atoms with Crippen LogP contribution in [0.4, 0.5) is 5.69 Å². The van der Waals surface area contributed by atoms with Gasteiger partial charge in [-0.2, -0.15) is 0 Å². The van der Waals surface area contributed by atoms with Crippen LogP contribution < -0.4 is 4.74 Å². The number of non-ortho nitro benzene ring substituents is 1. The molecule has 1 aromatic rings. The largest absolute Gasteiger partial charge is 0.460 e. The van der Waals surface area contributed by atoms with Crippen LogP contribution in [0.2, 0.25) is 0 Å². The Kier molecular flexibility index (Phi) is 4.69. The number of hydrogen-bond donors (Lipinski definition) is 1. The smallest absolute Gasteiger partial charge is 0.270 e. The number of nitro groups is 1. The summed E-state index contributed by atoms with van der Waals surface area (Å²) in [6, 6.07) is 4.52. The summed E-state index contributed by atoms with van der Waals surface area (Å²) in [6.45, 7) is 2.70. The van der Waals surface area contributed by atoms with Crippen LogP contribution in [0.25, 0.3) is 0 Å². The molecule has 7 heteroatoms. The highest BCUT2D eigenvalue weighted by Crippen LogP contribution is 2.46. The molecule has 2 aliphatic heterocycles. The second kappa shape index (κ2) is 6.98. The van der Waals surface area contributed by atoms with Gasteiger partial charge in [-0.25, -0.2) is 0 Å². The SMILES string of the molecule is O=[N+]([O-])c1ccc2c(c1)[C@@H](N1CCOCC1)/C(=C\C1(O)CCCCC1)O2. The molecule has 0 bridgehead atoms. The fraction of sp³-hybridized carbons (Fsp3) is 0.579. The van der Waals surface area contributed by atoms with E-state index in [-0.39, 0.29) is 16.7 Å². The molecule has 26 heavy (non-hydrogen) atoms. The van der Waals surface area contributed by atoms with Gasteiger partial charge in [0.15, 0.2) is 0 Å². The van der Waals surface area contributed by atoms with Crippen LogP contribution in [-0.2, 0) is 4.74 Å². The van der Waals surface area contributed by atoms with Gasteiger partial charge in [0.25, 0.3) is 5.69 Å². The number of aliphatic hydroxyl groups is 1. The monoisotopic (exact) mass is 360 g/mol. The van der Waals surface area contributed by atoms with Crippen molar-refractivity contribution in [1.82, 2.24) is 4.90 Å². The molecule has 1 aromatic carbocycles. The first kappa shape index (κ1) is 17.5. The van der Waals surface area contributed by atoms with Gasteiger partial charge < -0.3 is 14.6 Å². The zero-order chi connectivity index (χ0) is 18.1. The Morgan fingerprint density at radius 1 is 1.23 bits per heavy atom. The molecule has 140 valence electrons. The van der Waals surface area contributed by atoms with E-state index in [1.54, 1.807) is 12.1 Å². The van der Waals surface area contributed by atoms with Gasteiger partial charge in [-0.1, -0.05) is 19.3 Å². The van der Waals surface area contributed by atoms with Crippen molar-refractivity contribution in [3.05, 3.63) is 45.7 Å². The molecule has 0 amide bonds. The van der Waals surface area contributed by atoms with E-state index in [2.05, 4.69) is 4.90 Å². The minimum absolute atomic E-state index is 0.0586. The minimum Gasteiger partial charge on any atom is -0.460 e. The maximum atomic E-state index is 11.2. The third-order valence-corrected chi connectivity index (χ3v) is 5.54. The predicted molar refractivity (Wildman–Crippen MR) is 95.0 cm³/mol. The van der Waals surface area contributed by atoms with Crippen molar-refractivity contribution < 1.29 is 19.5 Å². The highest BCUT2D eigenvalue weighted by atomic mass is 16.6. The number of morpholine rings is 1. The van der Waals surface area contributed by atoms with Gasteiger partial charge in [-0.3, -0.25) is 15.0 Å². The molecule has 0 aromatic heterocycles. The maximum Gasteiger partial charge on any atom is 0.270 e. The molecule has 3 aliphatic rings. The number of benzene rings is 1. The Hall–Kier alpha value is -1.96. The van der Waals surface area contributed by atoms with Crippen LogP contribution in [0.5, 0.6) is 5.75 Å². The van der Waals surface area contributed by atoms with Crippen molar-refractivity contribution in [2.75, 3.05) is 26.3 Å². The number of nitrogens with zero attached hydrogens (tertiary/aromatic N) is 2. The second-order valence-electron chi connectivity index (χ2n) is 7.34. The normalized spacial score (nSPS) is 27.1. The minimum atomic E-state index is -0.855. The van der Waals surface area contributed by atoms with Gasteiger partial charge in [-0.15, -0.1) is 0 Å². The maximum absolute atomic E-state index is 11.2. The molecule has 1 saturated heterocycles. The van der Waals surface area contributed by atoms with E-state index in [0.717, 1.165) is 50.8 Å². The van der Waals surface area contributed by atoms with Gasteiger partial charge >= 0.3 is 0 Å². The predicted octanol–water partition coefficient (Wildman–Crippen LogP) is 2.94. The number of ether oxygens (including phenoxy) is 2. The van der Waals surface area contributed by atoms with Gasteiger partial charge in [0, 0.05) is 30.8 Å². The topological polar surface area (TPSA) is 85.1 Å². The van der Waals surface area contributed by atoms with E-state index in [9.17, 15) is 15.2 Å². The van der Waals surface area contributed by atoms with Gasteiger partial charge in [0.05, 0.1) is 29.8 Å². The lowest BCUT2D eigenvalue weighted by atomic mass is 9.84. The summed E-state index contributed by atoms with van der Waals surface area (Å²) < 4.78 is 11.5. The number of rotatable bonds is 3. The van der Waals surface area contributed by atoms with E-state index in [4.69, 9.17) is 9.47 Å². The summed E-state index contributed by atoms with van der Waals surface area (Å²) in [5.74, 6) is 1.32.